The van der Waals surface area contributed by atoms with Gasteiger partial charge >= 0.3 is 0 Å². The maximum absolute atomic E-state index is 13.7. The summed E-state index contributed by atoms with van der Waals surface area (Å²) in [6.07, 6.45) is 6.95. The lowest BCUT2D eigenvalue weighted by Gasteiger charge is -2.47. The Bertz CT molecular complexity index is 919. The summed E-state index contributed by atoms with van der Waals surface area (Å²) in [5, 5.41) is 0. The number of carbonyl (C=O) groups is 1. The van der Waals surface area contributed by atoms with Gasteiger partial charge in [0, 0.05) is 50.5 Å². The van der Waals surface area contributed by atoms with Crippen LogP contribution in [0.15, 0.2) is 41.1 Å². The standard InChI is InChI=1S/C25H34N4O2/c1-3-29-14-10-25(23(29)30)19-28(16-21-5-4-11-26-15-21)18-24(25)8-12-27(13-9-24)17-22-7-6-20(2)31-22/h4-7,11,15H,3,8-10,12-14,16-19H2,1-2H3. The topological polar surface area (TPSA) is 52.8 Å². The third-order valence-electron chi connectivity index (χ3n) is 8.04. The second-order valence-electron chi connectivity index (χ2n) is 9.79. The largest absolute Gasteiger partial charge is 0.465 e. The number of hydrogen-bond donors (Lipinski definition) is 0. The van der Waals surface area contributed by atoms with Crippen molar-refractivity contribution in [3.8, 4) is 0 Å². The zero-order valence-electron chi connectivity index (χ0n) is 18.8. The lowest BCUT2D eigenvalue weighted by atomic mass is 9.60. The minimum absolute atomic E-state index is 0.0752. The summed E-state index contributed by atoms with van der Waals surface area (Å²) in [6, 6.07) is 8.28. The first-order chi connectivity index (χ1) is 15.0. The molecule has 3 fully saturated rings. The van der Waals surface area contributed by atoms with E-state index in [1.165, 1.54) is 5.56 Å². The molecule has 1 atom stereocenters. The number of likely N-dealkylation sites (tertiary alicyclic amines) is 3. The molecule has 0 aromatic carbocycles. The molecule has 0 radical (unpaired) electrons. The summed E-state index contributed by atoms with van der Waals surface area (Å²) < 4.78 is 5.81. The fraction of sp³-hybridized carbons (Fsp3) is 0.600. The zero-order valence-corrected chi connectivity index (χ0v) is 18.8. The van der Waals surface area contributed by atoms with Crippen molar-refractivity contribution in [2.24, 2.45) is 10.8 Å². The molecule has 0 saturated carbocycles. The molecule has 2 spiro atoms. The van der Waals surface area contributed by atoms with Crippen molar-refractivity contribution < 1.29 is 9.21 Å². The molecule has 2 aromatic heterocycles. The molecule has 2 aromatic rings. The van der Waals surface area contributed by atoms with Crippen molar-refractivity contribution in [3.05, 3.63) is 53.7 Å². The Morgan fingerprint density at radius 3 is 2.52 bits per heavy atom. The molecule has 6 nitrogen and oxygen atoms in total. The average molecular weight is 423 g/mol. The number of amides is 1. The first-order valence-electron chi connectivity index (χ1n) is 11.7. The molecule has 3 aliphatic rings. The number of carbonyl (C=O) groups excluding carboxylic acids is 1. The summed E-state index contributed by atoms with van der Waals surface area (Å²) in [4.78, 5) is 25.1. The molecule has 166 valence electrons. The Morgan fingerprint density at radius 2 is 1.87 bits per heavy atom. The van der Waals surface area contributed by atoms with Crippen LogP contribution < -0.4 is 0 Å². The molecule has 31 heavy (non-hydrogen) atoms. The highest BCUT2D eigenvalue weighted by molar-refractivity contribution is 5.86. The van der Waals surface area contributed by atoms with E-state index in [4.69, 9.17) is 4.42 Å². The number of fused-ring (bicyclic) bond motifs is 1. The fourth-order valence-corrected chi connectivity index (χ4v) is 6.39. The molecule has 5 rings (SSSR count). The van der Waals surface area contributed by atoms with E-state index in [1.54, 1.807) is 0 Å². The molecule has 5 heterocycles. The molecular weight excluding hydrogens is 388 g/mol. The Kier molecular flexibility index (Phi) is 5.39. The van der Waals surface area contributed by atoms with Gasteiger partial charge in [0.05, 0.1) is 12.0 Å². The van der Waals surface area contributed by atoms with Gasteiger partial charge in [-0.25, -0.2) is 0 Å². The number of rotatable bonds is 5. The maximum Gasteiger partial charge on any atom is 0.230 e. The van der Waals surface area contributed by atoms with Crippen LogP contribution in [0.3, 0.4) is 0 Å². The van der Waals surface area contributed by atoms with Gasteiger partial charge in [-0.2, -0.15) is 0 Å². The van der Waals surface area contributed by atoms with E-state index >= 15 is 0 Å². The van der Waals surface area contributed by atoms with Gasteiger partial charge in [-0.1, -0.05) is 6.07 Å². The van der Waals surface area contributed by atoms with E-state index in [9.17, 15) is 4.79 Å². The van der Waals surface area contributed by atoms with E-state index in [-0.39, 0.29) is 10.8 Å². The highest BCUT2D eigenvalue weighted by atomic mass is 16.3. The number of nitrogens with zero attached hydrogens (tertiary/aromatic N) is 4. The third-order valence-corrected chi connectivity index (χ3v) is 8.04. The van der Waals surface area contributed by atoms with Gasteiger partial charge in [0.2, 0.25) is 5.91 Å². The second-order valence-corrected chi connectivity index (χ2v) is 9.79. The van der Waals surface area contributed by atoms with Crippen LogP contribution in [0.1, 0.15) is 43.3 Å². The predicted octanol–water partition coefficient (Wildman–Crippen LogP) is 3.32. The second kappa shape index (κ2) is 8.06. The van der Waals surface area contributed by atoms with Crippen LogP contribution >= 0.6 is 0 Å². The SMILES string of the molecule is CCN1CCC2(CN(Cc3cccnc3)CC23CCN(Cc2ccc(C)o2)CC3)C1=O. The number of aromatic nitrogens is 1. The normalized spacial score (nSPS) is 26.5. The van der Waals surface area contributed by atoms with Gasteiger partial charge < -0.3 is 9.32 Å². The first kappa shape index (κ1) is 20.7. The Labute approximate surface area is 185 Å². The molecule has 0 bridgehead atoms. The van der Waals surface area contributed by atoms with E-state index in [2.05, 4.69) is 38.7 Å². The number of piperidine rings is 1. The maximum atomic E-state index is 13.7. The molecule has 3 saturated heterocycles. The van der Waals surface area contributed by atoms with Crippen LogP contribution in [0.2, 0.25) is 0 Å². The van der Waals surface area contributed by atoms with Gasteiger partial charge in [0.25, 0.3) is 0 Å². The average Bonchev–Trinajstić information content (AvgIpc) is 3.42. The molecule has 1 unspecified atom stereocenters. The first-order valence-corrected chi connectivity index (χ1v) is 11.7. The van der Waals surface area contributed by atoms with Gasteiger partial charge in [0.15, 0.2) is 0 Å². The van der Waals surface area contributed by atoms with Crippen molar-refractivity contribution >= 4 is 5.91 Å². The minimum Gasteiger partial charge on any atom is -0.465 e. The van der Waals surface area contributed by atoms with E-state index < -0.39 is 0 Å². The summed E-state index contributed by atoms with van der Waals surface area (Å²) in [7, 11) is 0. The van der Waals surface area contributed by atoms with Crippen molar-refractivity contribution in [1.82, 2.24) is 19.7 Å². The quantitative estimate of drug-likeness (QED) is 0.740. The van der Waals surface area contributed by atoms with Gasteiger partial charge in [-0.3, -0.25) is 19.6 Å². The molecule has 0 N–H and O–H groups in total. The van der Waals surface area contributed by atoms with Crippen LogP contribution in [-0.2, 0) is 17.9 Å². The van der Waals surface area contributed by atoms with Crippen LogP contribution in [0, 0.1) is 17.8 Å². The van der Waals surface area contributed by atoms with Crippen molar-refractivity contribution in [2.75, 3.05) is 39.3 Å². The van der Waals surface area contributed by atoms with Crippen molar-refractivity contribution in [2.45, 2.75) is 46.2 Å². The number of hydrogen-bond acceptors (Lipinski definition) is 5. The fourth-order valence-electron chi connectivity index (χ4n) is 6.39. The third kappa shape index (κ3) is 3.60. The Morgan fingerprint density at radius 1 is 1.03 bits per heavy atom. The summed E-state index contributed by atoms with van der Waals surface area (Å²) >= 11 is 0. The van der Waals surface area contributed by atoms with E-state index in [0.717, 1.165) is 83.1 Å². The van der Waals surface area contributed by atoms with Crippen molar-refractivity contribution in [3.63, 3.8) is 0 Å². The minimum atomic E-state index is -0.224. The van der Waals surface area contributed by atoms with E-state index in [0.29, 0.717) is 5.91 Å². The summed E-state index contributed by atoms with van der Waals surface area (Å²) in [5.74, 6) is 2.42. The Hall–Kier alpha value is -2.18. The number of furan rings is 1. The van der Waals surface area contributed by atoms with E-state index in [1.807, 2.05) is 31.5 Å². The summed E-state index contributed by atoms with van der Waals surface area (Å²) in [6.45, 7) is 11.5. The zero-order chi connectivity index (χ0) is 21.5. The predicted molar refractivity (Wildman–Crippen MR) is 119 cm³/mol. The van der Waals surface area contributed by atoms with Gasteiger partial charge in [0.1, 0.15) is 11.5 Å². The van der Waals surface area contributed by atoms with Gasteiger partial charge in [-0.15, -0.1) is 0 Å². The lowest BCUT2D eigenvalue weighted by Crippen LogP contribution is -2.52. The van der Waals surface area contributed by atoms with Crippen molar-refractivity contribution in [1.29, 1.82) is 0 Å². The smallest absolute Gasteiger partial charge is 0.230 e. The molecular formula is C25H34N4O2. The number of pyridine rings is 1. The van der Waals surface area contributed by atoms with Crippen LogP contribution in [0.4, 0.5) is 0 Å². The monoisotopic (exact) mass is 422 g/mol. The highest BCUT2D eigenvalue weighted by Gasteiger charge is 2.64. The number of aryl methyl sites for hydroxylation is 1. The molecule has 6 heteroatoms. The Balaban J connectivity index is 1.35. The lowest BCUT2D eigenvalue weighted by molar-refractivity contribution is -0.142. The van der Waals surface area contributed by atoms with Crippen LogP contribution in [-0.4, -0.2) is 64.9 Å². The van der Waals surface area contributed by atoms with Crippen LogP contribution in [0.5, 0.6) is 0 Å². The molecule has 3 aliphatic heterocycles. The summed E-state index contributed by atoms with van der Waals surface area (Å²) in [5.41, 5.74) is 1.09. The molecule has 1 amide bonds. The van der Waals surface area contributed by atoms with Crippen LogP contribution in [0.25, 0.3) is 0 Å². The molecule has 0 aliphatic carbocycles. The highest BCUT2D eigenvalue weighted by Crippen LogP contribution is 2.58. The van der Waals surface area contributed by atoms with Gasteiger partial charge in [-0.05, 0) is 70.0 Å².